The molecule has 0 saturated carbocycles. The number of nitrogens with one attached hydrogen (secondary N) is 1. The molecule has 5 nitrogen and oxygen atoms in total. The fraction of sp³-hybridized carbons (Fsp3) is 0.348. The second-order valence-electron chi connectivity index (χ2n) is 8.22. The van der Waals surface area contributed by atoms with Gasteiger partial charge in [-0.1, -0.05) is 23.7 Å². The first-order valence-corrected chi connectivity index (χ1v) is 10.3. The van der Waals surface area contributed by atoms with Crippen LogP contribution >= 0.6 is 11.6 Å². The summed E-state index contributed by atoms with van der Waals surface area (Å²) in [5.74, 6) is -0.00736. The molecule has 0 aliphatic carbocycles. The molecular formula is C23H26Cl2N2O3. The van der Waals surface area contributed by atoms with E-state index in [1.54, 1.807) is 24.3 Å². The number of ether oxygens (including phenoxy) is 1. The minimum absolute atomic E-state index is 0. The van der Waals surface area contributed by atoms with Crippen molar-refractivity contribution in [3.63, 3.8) is 0 Å². The van der Waals surface area contributed by atoms with E-state index >= 15 is 0 Å². The molecule has 0 atom stereocenters. The van der Waals surface area contributed by atoms with Crippen LogP contribution in [0.25, 0.3) is 11.0 Å². The second-order valence-corrected chi connectivity index (χ2v) is 8.66. The topological polar surface area (TPSA) is 51.5 Å². The van der Waals surface area contributed by atoms with Crippen LogP contribution in [0.2, 0.25) is 5.02 Å². The first kappa shape index (κ1) is 22.6. The molecule has 1 saturated heterocycles. The largest absolute Gasteiger partial charge is 1.00 e. The lowest BCUT2D eigenvalue weighted by atomic mass is 10.0. The molecule has 30 heavy (non-hydrogen) atoms. The summed E-state index contributed by atoms with van der Waals surface area (Å²) in [5.41, 5.74) is 2.63. The molecular weight excluding hydrogens is 423 g/mol. The van der Waals surface area contributed by atoms with Crippen LogP contribution < -0.4 is 17.7 Å². The molecule has 4 rings (SSSR count). The van der Waals surface area contributed by atoms with Crippen LogP contribution in [0.4, 0.5) is 5.69 Å². The first-order valence-electron chi connectivity index (χ1n) is 9.90. The van der Waals surface area contributed by atoms with Crippen LogP contribution in [0.15, 0.2) is 52.9 Å². The highest BCUT2D eigenvalue weighted by Gasteiger charge is 2.30. The number of hydrogen-bond acceptors (Lipinski definition) is 3. The zero-order valence-electron chi connectivity index (χ0n) is 17.2. The Morgan fingerprint density at radius 1 is 1.10 bits per heavy atom. The Balaban J connectivity index is 0.00000256. The summed E-state index contributed by atoms with van der Waals surface area (Å²) in [4.78, 5) is 12.5. The first-order chi connectivity index (χ1) is 13.9. The number of quaternary nitrogens is 1. The van der Waals surface area contributed by atoms with Crippen molar-refractivity contribution < 1.29 is 30.8 Å². The Labute approximate surface area is 187 Å². The van der Waals surface area contributed by atoms with E-state index in [4.69, 9.17) is 20.8 Å². The molecule has 0 spiro atoms. The number of carbonyl (C=O) groups excluding carboxylic acids is 1. The third-order valence-electron chi connectivity index (χ3n) is 5.68. The van der Waals surface area contributed by atoms with E-state index in [2.05, 4.69) is 31.5 Å². The summed E-state index contributed by atoms with van der Waals surface area (Å²) in [6.07, 6.45) is 2.20. The molecule has 0 unspecified atom stereocenters. The van der Waals surface area contributed by atoms with Gasteiger partial charge in [0.2, 0.25) is 0 Å². The van der Waals surface area contributed by atoms with E-state index in [0.717, 1.165) is 48.2 Å². The summed E-state index contributed by atoms with van der Waals surface area (Å²) < 4.78 is 12.1. The van der Waals surface area contributed by atoms with Crippen molar-refractivity contribution in [2.45, 2.75) is 25.4 Å². The molecule has 1 aromatic heterocycles. The van der Waals surface area contributed by atoms with Gasteiger partial charge in [0.15, 0.2) is 5.76 Å². The van der Waals surface area contributed by atoms with Gasteiger partial charge >= 0.3 is 0 Å². The molecule has 1 aliphatic heterocycles. The lowest BCUT2D eigenvalue weighted by molar-refractivity contribution is -0.929. The van der Waals surface area contributed by atoms with E-state index in [1.165, 1.54) is 5.56 Å². The van der Waals surface area contributed by atoms with Gasteiger partial charge in [0.1, 0.15) is 12.1 Å². The van der Waals surface area contributed by atoms with Crippen molar-refractivity contribution in [2.75, 3.05) is 32.6 Å². The summed E-state index contributed by atoms with van der Waals surface area (Å²) in [5, 5.41) is 4.32. The van der Waals surface area contributed by atoms with Crippen LogP contribution in [0.5, 0.6) is 0 Å². The summed E-state index contributed by atoms with van der Waals surface area (Å²) in [7, 11) is 4.55. The van der Waals surface area contributed by atoms with Crippen LogP contribution in [0, 0.1) is 0 Å². The van der Waals surface area contributed by atoms with E-state index < -0.39 is 0 Å². The average molecular weight is 449 g/mol. The number of fused-ring (bicyclic) bond motifs is 1. The van der Waals surface area contributed by atoms with Crippen molar-refractivity contribution in [3.05, 3.63) is 64.9 Å². The molecule has 7 heteroatoms. The van der Waals surface area contributed by atoms with Crippen molar-refractivity contribution in [1.29, 1.82) is 0 Å². The molecule has 1 aliphatic rings. The van der Waals surface area contributed by atoms with E-state index in [-0.39, 0.29) is 24.1 Å². The number of amides is 1. The Bertz CT molecular complexity index is 1010. The number of furan rings is 1. The van der Waals surface area contributed by atoms with Crippen LogP contribution in [0.3, 0.4) is 0 Å². The quantitative estimate of drug-likeness (QED) is 0.608. The molecule has 3 aromatic rings. The average Bonchev–Trinajstić information content (AvgIpc) is 3.13. The number of halogens is 2. The number of nitrogens with zero attached hydrogens (tertiary/aromatic N) is 1. The van der Waals surface area contributed by atoms with Crippen LogP contribution in [0.1, 0.15) is 29.0 Å². The van der Waals surface area contributed by atoms with Gasteiger partial charge in [0.25, 0.3) is 5.91 Å². The summed E-state index contributed by atoms with van der Waals surface area (Å²) >= 11 is 6.00. The van der Waals surface area contributed by atoms with Crippen molar-refractivity contribution in [2.24, 2.45) is 0 Å². The van der Waals surface area contributed by atoms with Gasteiger partial charge in [-0.05, 0) is 36.4 Å². The molecule has 1 N–H and O–H groups in total. The highest BCUT2D eigenvalue weighted by atomic mass is 35.5. The van der Waals surface area contributed by atoms with E-state index in [1.807, 2.05) is 12.1 Å². The Morgan fingerprint density at radius 3 is 2.50 bits per heavy atom. The number of hydrogen-bond donors (Lipinski definition) is 1. The van der Waals surface area contributed by atoms with Gasteiger partial charge in [0.05, 0.1) is 33.4 Å². The van der Waals surface area contributed by atoms with Crippen LogP contribution in [-0.2, 0) is 11.3 Å². The molecule has 1 fully saturated rings. The standard InChI is InChI=1S/C23H25ClN2O3.ClH/c1-26(2,20-9-11-28-12-10-20)15-16-3-6-19(7-4-16)25-23(27)22-14-17-13-18(24)5-8-21(17)29-22;/h3-8,13-14,20H,9-12,15H2,1-2H3;1H. The minimum atomic E-state index is -0.275. The maximum Gasteiger partial charge on any atom is 0.291 e. The highest BCUT2D eigenvalue weighted by molar-refractivity contribution is 6.31. The third-order valence-corrected chi connectivity index (χ3v) is 5.92. The third kappa shape index (κ3) is 5.16. The molecule has 2 heterocycles. The Hall–Kier alpha value is -2.05. The summed E-state index contributed by atoms with van der Waals surface area (Å²) in [6, 6.07) is 15.7. The lowest BCUT2D eigenvalue weighted by Crippen LogP contribution is -3.00. The van der Waals surface area contributed by atoms with Gasteiger partial charge in [-0.3, -0.25) is 4.79 Å². The van der Waals surface area contributed by atoms with Gasteiger partial charge in [-0.25, -0.2) is 0 Å². The fourth-order valence-corrected chi connectivity index (χ4v) is 4.18. The fourth-order valence-electron chi connectivity index (χ4n) is 4.00. The molecule has 0 bridgehead atoms. The predicted molar refractivity (Wildman–Crippen MR) is 115 cm³/mol. The van der Waals surface area contributed by atoms with Crippen molar-refractivity contribution in [1.82, 2.24) is 0 Å². The maximum absolute atomic E-state index is 12.5. The van der Waals surface area contributed by atoms with Gasteiger partial charge in [-0.15, -0.1) is 0 Å². The number of anilines is 1. The normalized spacial score (nSPS) is 15.0. The van der Waals surface area contributed by atoms with Crippen molar-refractivity contribution >= 4 is 34.2 Å². The Morgan fingerprint density at radius 2 is 1.80 bits per heavy atom. The number of carbonyl (C=O) groups is 1. The molecule has 0 radical (unpaired) electrons. The molecule has 1 amide bonds. The predicted octanol–water partition coefficient (Wildman–Crippen LogP) is 2.10. The highest BCUT2D eigenvalue weighted by Crippen LogP contribution is 2.25. The molecule has 160 valence electrons. The Kier molecular flexibility index (Phi) is 7.09. The van der Waals surface area contributed by atoms with E-state index in [9.17, 15) is 4.79 Å². The molecule has 2 aromatic carbocycles. The monoisotopic (exact) mass is 448 g/mol. The smallest absolute Gasteiger partial charge is 0.291 e. The SMILES string of the molecule is C[N+](C)(Cc1ccc(NC(=O)c2cc3cc(Cl)ccc3o2)cc1)C1CCOCC1.[Cl-]. The van der Waals surface area contributed by atoms with Crippen LogP contribution in [-0.4, -0.2) is 43.7 Å². The van der Waals surface area contributed by atoms with Gasteiger partial charge in [0, 0.05) is 34.5 Å². The van der Waals surface area contributed by atoms with E-state index in [0.29, 0.717) is 16.6 Å². The number of rotatable bonds is 5. The lowest BCUT2D eigenvalue weighted by Gasteiger charge is -2.40. The van der Waals surface area contributed by atoms with Crippen molar-refractivity contribution in [3.8, 4) is 0 Å². The van der Waals surface area contributed by atoms with Gasteiger partial charge < -0.3 is 31.4 Å². The zero-order chi connectivity index (χ0) is 20.4. The second kappa shape index (κ2) is 9.40. The number of benzene rings is 2. The maximum atomic E-state index is 12.5. The summed E-state index contributed by atoms with van der Waals surface area (Å²) in [6.45, 7) is 2.65. The zero-order valence-corrected chi connectivity index (χ0v) is 18.7. The minimum Gasteiger partial charge on any atom is -1.00 e. The van der Waals surface area contributed by atoms with Gasteiger partial charge in [-0.2, -0.15) is 0 Å².